The highest BCUT2D eigenvalue weighted by atomic mass is 79.9. The van der Waals surface area contributed by atoms with Crippen molar-refractivity contribution in [2.45, 2.75) is 35.9 Å². The molecule has 4 heterocycles. The summed E-state index contributed by atoms with van der Waals surface area (Å²) in [5.41, 5.74) is 4.71. The van der Waals surface area contributed by atoms with Gasteiger partial charge >= 0.3 is 0 Å². The largest absolute Gasteiger partial charge is 0.471 e. The van der Waals surface area contributed by atoms with E-state index in [0.717, 1.165) is 52.1 Å². The summed E-state index contributed by atoms with van der Waals surface area (Å²) < 4.78 is 7.25. The zero-order chi connectivity index (χ0) is 19.1. The normalized spacial score (nSPS) is 16.4. The number of hydrogen-bond acceptors (Lipinski definition) is 8. The minimum Gasteiger partial charge on any atom is -0.471 e. The number of fused-ring (bicyclic) bond motifs is 2. The monoisotopic (exact) mass is 456 g/mol. The molecule has 1 aliphatic carbocycles. The van der Waals surface area contributed by atoms with Gasteiger partial charge in [0.25, 0.3) is 0 Å². The molecule has 1 fully saturated rings. The number of nitrogens with one attached hydrogen (secondary N) is 1. The minimum absolute atomic E-state index is 0.153. The molecule has 3 aromatic heterocycles. The molecule has 7 nitrogen and oxygen atoms in total. The Hall–Kier alpha value is -2.10. The Morgan fingerprint density at radius 1 is 1.21 bits per heavy atom. The summed E-state index contributed by atoms with van der Waals surface area (Å²) in [6.07, 6.45) is 7.03. The van der Waals surface area contributed by atoms with E-state index in [-0.39, 0.29) is 6.10 Å². The van der Waals surface area contributed by atoms with Crippen LogP contribution in [0.3, 0.4) is 0 Å². The molecule has 1 aliphatic heterocycles. The van der Waals surface area contributed by atoms with E-state index < -0.39 is 0 Å². The molecule has 5 rings (SSSR count). The average molecular weight is 457 g/mol. The van der Waals surface area contributed by atoms with Crippen LogP contribution in [0.25, 0.3) is 15.6 Å². The standard InChI is InChI=1S/C19H17BrN6OS/c1-2-10-5-13-15(16(10)20)18(27-11-7-21-8-11)26-19(25-13)28-12-6-14-17(24-9-12)23-4-3-22-14/h3-4,6,9,11,21H,2,5,7-8H2,1H3. The van der Waals surface area contributed by atoms with Crippen LogP contribution in [-0.2, 0) is 6.42 Å². The lowest BCUT2D eigenvalue weighted by Crippen LogP contribution is -2.50. The molecule has 28 heavy (non-hydrogen) atoms. The second kappa shape index (κ2) is 7.38. The third-order valence-corrected chi connectivity index (χ3v) is 6.58. The number of nitrogens with zero attached hydrogens (tertiary/aromatic N) is 5. The quantitative estimate of drug-likeness (QED) is 0.584. The fraction of sp³-hybridized carbons (Fsp3) is 0.316. The summed E-state index contributed by atoms with van der Waals surface area (Å²) in [5, 5.41) is 3.89. The number of pyridine rings is 1. The van der Waals surface area contributed by atoms with Gasteiger partial charge in [-0.2, -0.15) is 4.98 Å². The van der Waals surface area contributed by atoms with Crippen LogP contribution in [0.15, 0.2) is 40.3 Å². The van der Waals surface area contributed by atoms with Crippen molar-refractivity contribution >= 4 is 43.3 Å². The van der Waals surface area contributed by atoms with Crippen molar-refractivity contribution in [2.75, 3.05) is 13.1 Å². The van der Waals surface area contributed by atoms with Gasteiger partial charge in [-0.3, -0.25) is 4.98 Å². The first kappa shape index (κ1) is 18.0. The van der Waals surface area contributed by atoms with E-state index in [0.29, 0.717) is 16.7 Å². The van der Waals surface area contributed by atoms with E-state index in [1.54, 1.807) is 18.6 Å². The van der Waals surface area contributed by atoms with Crippen LogP contribution in [0.5, 0.6) is 5.88 Å². The van der Waals surface area contributed by atoms with Crippen LogP contribution in [0.2, 0.25) is 0 Å². The van der Waals surface area contributed by atoms with Gasteiger partial charge in [0.15, 0.2) is 10.8 Å². The lowest BCUT2D eigenvalue weighted by Gasteiger charge is -2.28. The van der Waals surface area contributed by atoms with Gasteiger partial charge in [-0.15, -0.1) is 0 Å². The number of hydrogen-bond donors (Lipinski definition) is 1. The summed E-state index contributed by atoms with van der Waals surface area (Å²) in [6.45, 7) is 3.84. The Morgan fingerprint density at radius 3 is 2.86 bits per heavy atom. The molecule has 0 saturated carbocycles. The van der Waals surface area contributed by atoms with Crippen LogP contribution in [-0.4, -0.2) is 44.1 Å². The van der Waals surface area contributed by atoms with E-state index in [2.05, 4.69) is 43.1 Å². The molecule has 2 aliphatic rings. The van der Waals surface area contributed by atoms with Crippen LogP contribution in [0.1, 0.15) is 24.6 Å². The summed E-state index contributed by atoms with van der Waals surface area (Å²) in [5.74, 6) is 0.655. The molecule has 0 amide bonds. The smallest absolute Gasteiger partial charge is 0.226 e. The fourth-order valence-corrected chi connectivity index (χ4v) is 4.77. The molecule has 1 N–H and O–H groups in total. The average Bonchev–Trinajstić information content (AvgIpc) is 3.00. The van der Waals surface area contributed by atoms with Crippen molar-refractivity contribution in [2.24, 2.45) is 0 Å². The number of aromatic nitrogens is 5. The first-order valence-electron chi connectivity index (χ1n) is 9.12. The summed E-state index contributed by atoms with van der Waals surface area (Å²) in [6, 6.07) is 1.96. The SMILES string of the molecule is CCC1=C(Br)c2c(nc(Sc3cnc4nccnc4c3)nc2OC2CNC2)C1. The van der Waals surface area contributed by atoms with Crippen molar-refractivity contribution in [3.05, 3.63) is 41.5 Å². The zero-order valence-corrected chi connectivity index (χ0v) is 17.5. The van der Waals surface area contributed by atoms with Crippen molar-refractivity contribution in [1.82, 2.24) is 30.2 Å². The fourth-order valence-electron chi connectivity index (χ4n) is 3.18. The predicted octanol–water partition coefficient (Wildman–Crippen LogP) is 3.39. The first-order chi connectivity index (χ1) is 13.7. The van der Waals surface area contributed by atoms with Crippen LogP contribution < -0.4 is 10.1 Å². The van der Waals surface area contributed by atoms with Crippen molar-refractivity contribution < 1.29 is 4.74 Å². The molecule has 9 heteroatoms. The Morgan fingerprint density at radius 2 is 2.07 bits per heavy atom. The van der Waals surface area contributed by atoms with Gasteiger partial charge in [0.1, 0.15) is 11.6 Å². The van der Waals surface area contributed by atoms with Gasteiger partial charge in [0.2, 0.25) is 5.88 Å². The van der Waals surface area contributed by atoms with Crippen molar-refractivity contribution in [1.29, 1.82) is 0 Å². The predicted molar refractivity (Wildman–Crippen MR) is 111 cm³/mol. The second-order valence-corrected chi connectivity index (χ2v) is 8.48. The van der Waals surface area contributed by atoms with E-state index >= 15 is 0 Å². The number of allylic oxidation sites excluding steroid dienone is 1. The topological polar surface area (TPSA) is 85.7 Å². The summed E-state index contributed by atoms with van der Waals surface area (Å²) in [7, 11) is 0. The van der Waals surface area contributed by atoms with Gasteiger partial charge in [-0.05, 0) is 45.8 Å². The van der Waals surface area contributed by atoms with Crippen molar-refractivity contribution in [3.63, 3.8) is 0 Å². The third kappa shape index (κ3) is 3.27. The molecule has 0 atom stereocenters. The molecule has 0 unspecified atom stereocenters. The molecule has 1 saturated heterocycles. The summed E-state index contributed by atoms with van der Waals surface area (Å²) >= 11 is 5.20. The lowest BCUT2D eigenvalue weighted by atomic mass is 10.2. The Labute approximate surface area is 174 Å². The number of ether oxygens (including phenoxy) is 1. The van der Waals surface area contributed by atoms with Crippen molar-refractivity contribution in [3.8, 4) is 5.88 Å². The Balaban J connectivity index is 1.50. The Bertz CT molecular complexity index is 1100. The molecular weight excluding hydrogens is 440 g/mol. The van der Waals surface area contributed by atoms with Gasteiger partial charge < -0.3 is 10.1 Å². The van der Waals surface area contributed by atoms with Gasteiger partial charge in [-0.25, -0.2) is 15.0 Å². The molecule has 0 spiro atoms. The number of rotatable bonds is 5. The number of halogens is 1. The van der Waals surface area contributed by atoms with E-state index in [4.69, 9.17) is 14.7 Å². The molecule has 3 aromatic rings. The highest BCUT2D eigenvalue weighted by Gasteiger charge is 2.29. The highest BCUT2D eigenvalue weighted by molar-refractivity contribution is 9.15. The molecule has 142 valence electrons. The zero-order valence-electron chi connectivity index (χ0n) is 15.1. The van der Waals surface area contributed by atoms with E-state index in [1.165, 1.54) is 17.3 Å². The minimum atomic E-state index is 0.153. The molecule has 0 bridgehead atoms. The van der Waals surface area contributed by atoms with Gasteiger partial charge in [0, 0.05) is 47.5 Å². The lowest BCUT2D eigenvalue weighted by molar-refractivity contribution is 0.134. The second-order valence-electron chi connectivity index (χ2n) is 6.65. The highest BCUT2D eigenvalue weighted by Crippen LogP contribution is 2.43. The Kier molecular flexibility index (Phi) is 4.73. The van der Waals surface area contributed by atoms with Gasteiger partial charge in [0.05, 0.1) is 11.3 Å². The van der Waals surface area contributed by atoms with Crippen LogP contribution >= 0.6 is 27.7 Å². The maximum Gasteiger partial charge on any atom is 0.226 e. The maximum absolute atomic E-state index is 6.18. The van der Waals surface area contributed by atoms with E-state index in [9.17, 15) is 0 Å². The molecule has 0 radical (unpaired) electrons. The molecule has 0 aromatic carbocycles. The van der Waals surface area contributed by atoms with Crippen LogP contribution in [0, 0.1) is 0 Å². The van der Waals surface area contributed by atoms with Gasteiger partial charge in [-0.1, -0.05) is 6.92 Å². The maximum atomic E-state index is 6.18. The van der Waals surface area contributed by atoms with Crippen LogP contribution in [0.4, 0.5) is 0 Å². The third-order valence-electron chi connectivity index (χ3n) is 4.80. The first-order valence-corrected chi connectivity index (χ1v) is 10.7. The summed E-state index contributed by atoms with van der Waals surface area (Å²) in [4.78, 5) is 23.4. The molecular formula is C19H17BrN6OS. The van der Waals surface area contributed by atoms with E-state index in [1.807, 2.05) is 6.07 Å².